The Morgan fingerprint density at radius 3 is 2.52 bits per heavy atom. The van der Waals surface area contributed by atoms with Gasteiger partial charge in [-0.15, -0.1) is 0 Å². The third kappa shape index (κ3) is 2.78. The molecule has 6 rings (SSSR count). The highest BCUT2D eigenvalue weighted by atomic mass is 32.2. The van der Waals surface area contributed by atoms with Crippen LogP contribution in [-0.4, -0.2) is 46.1 Å². The number of anilines is 2. The van der Waals surface area contributed by atoms with Crippen LogP contribution < -0.4 is 4.90 Å². The molecule has 6 heteroatoms. The van der Waals surface area contributed by atoms with Crippen LogP contribution in [0.4, 0.5) is 11.4 Å². The molecule has 4 aliphatic rings. The van der Waals surface area contributed by atoms with E-state index < -0.39 is 9.84 Å². The molecule has 0 aliphatic carbocycles. The molecule has 27 heavy (non-hydrogen) atoms. The van der Waals surface area contributed by atoms with Gasteiger partial charge in [-0.05, 0) is 61.7 Å². The van der Waals surface area contributed by atoms with Crippen molar-refractivity contribution < 1.29 is 13.2 Å². The molecule has 3 fully saturated rings. The van der Waals surface area contributed by atoms with E-state index in [-0.39, 0.29) is 6.10 Å². The summed E-state index contributed by atoms with van der Waals surface area (Å²) in [6, 6.07) is 12.8. The van der Waals surface area contributed by atoms with Crippen molar-refractivity contribution in [3.8, 4) is 0 Å². The molecule has 2 aromatic carbocycles. The fourth-order valence-electron chi connectivity index (χ4n) is 4.65. The fourth-order valence-corrected chi connectivity index (χ4v) is 6.42. The molecule has 4 heterocycles. The van der Waals surface area contributed by atoms with Crippen LogP contribution in [0.15, 0.2) is 52.3 Å². The second kappa shape index (κ2) is 6.33. The van der Waals surface area contributed by atoms with E-state index in [1.54, 1.807) is 18.2 Å². The lowest BCUT2D eigenvalue weighted by Gasteiger charge is -2.44. The van der Waals surface area contributed by atoms with Crippen molar-refractivity contribution in [2.45, 2.75) is 35.3 Å². The van der Waals surface area contributed by atoms with Gasteiger partial charge in [-0.2, -0.15) is 0 Å². The van der Waals surface area contributed by atoms with E-state index in [4.69, 9.17) is 4.74 Å². The lowest BCUT2D eigenvalue weighted by Crippen LogP contribution is -2.51. The van der Waals surface area contributed by atoms with Crippen LogP contribution in [0, 0.1) is 5.92 Å². The molecular weight excluding hydrogens is 360 g/mol. The minimum absolute atomic E-state index is 0.267. The second-order valence-corrected chi connectivity index (χ2v) is 9.71. The Bertz CT molecular complexity index is 981. The number of sulfone groups is 1. The first-order chi connectivity index (χ1) is 13.0. The van der Waals surface area contributed by atoms with Crippen molar-refractivity contribution in [3.63, 3.8) is 0 Å². The Morgan fingerprint density at radius 2 is 1.78 bits per heavy atom. The molecule has 0 spiro atoms. The Labute approximate surface area is 160 Å². The zero-order chi connectivity index (χ0) is 18.6. The van der Waals surface area contributed by atoms with E-state index in [0.717, 1.165) is 23.5 Å². The van der Waals surface area contributed by atoms with Gasteiger partial charge in [-0.25, -0.2) is 8.42 Å². The molecule has 0 N–H and O–H groups in total. The van der Waals surface area contributed by atoms with Gasteiger partial charge < -0.3 is 14.5 Å². The Hall–Kier alpha value is -1.89. The van der Waals surface area contributed by atoms with Gasteiger partial charge in [0.2, 0.25) is 9.84 Å². The summed E-state index contributed by atoms with van der Waals surface area (Å²) >= 11 is 0. The highest BCUT2D eigenvalue weighted by Crippen LogP contribution is 2.43. The minimum Gasteiger partial charge on any atom is -0.372 e. The third-order valence-electron chi connectivity index (χ3n) is 6.25. The molecule has 2 bridgehead atoms. The van der Waals surface area contributed by atoms with Crippen LogP contribution in [0.3, 0.4) is 0 Å². The minimum atomic E-state index is -3.51. The third-order valence-corrected chi connectivity index (χ3v) is 8.08. The van der Waals surface area contributed by atoms with E-state index in [1.807, 2.05) is 36.2 Å². The first-order valence-electron chi connectivity index (χ1n) is 9.59. The summed E-state index contributed by atoms with van der Waals surface area (Å²) in [4.78, 5) is 5.16. The van der Waals surface area contributed by atoms with Crippen molar-refractivity contribution in [2.75, 3.05) is 31.6 Å². The zero-order valence-electron chi connectivity index (χ0n) is 15.5. The van der Waals surface area contributed by atoms with E-state index in [0.29, 0.717) is 22.3 Å². The standard InChI is InChI=1S/C21H24N2O3S/c1-22-17-4-2-3-5-20(17)27(24,25)21-12-15(6-7-18(21)22)14-26-19-13-23-10-8-16(19)9-11-23/h2-7,12,16,19H,8-11,13-14H2,1H3/t19-/m0/s1. The maximum atomic E-state index is 13.1. The van der Waals surface area contributed by atoms with E-state index in [2.05, 4.69) is 4.90 Å². The summed E-state index contributed by atoms with van der Waals surface area (Å²) < 4.78 is 32.5. The van der Waals surface area contributed by atoms with Crippen LogP contribution in [0.1, 0.15) is 18.4 Å². The van der Waals surface area contributed by atoms with Crippen LogP contribution >= 0.6 is 0 Å². The monoisotopic (exact) mass is 384 g/mol. The van der Waals surface area contributed by atoms with Gasteiger partial charge in [-0.3, -0.25) is 0 Å². The van der Waals surface area contributed by atoms with Crippen molar-refractivity contribution in [3.05, 3.63) is 48.0 Å². The van der Waals surface area contributed by atoms with Crippen LogP contribution in [0.25, 0.3) is 0 Å². The number of ether oxygens (including phenoxy) is 1. The fraction of sp³-hybridized carbons (Fsp3) is 0.429. The Kier molecular flexibility index (Phi) is 4.04. The summed E-state index contributed by atoms with van der Waals surface area (Å²) in [6.45, 7) is 3.84. The molecule has 0 aromatic heterocycles. The number of hydrogen-bond acceptors (Lipinski definition) is 5. The number of rotatable bonds is 3. The molecule has 2 aromatic rings. The second-order valence-electron chi connectivity index (χ2n) is 7.82. The van der Waals surface area contributed by atoms with E-state index in [1.165, 1.54) is 25.9 Å². The van der Waals surface area contributed by atoms with Crippen LogP contribution in [0.2, 0.25) is 0 Å². The molecular formula is C21H24N2O3S. The van der Waals surface area contributed by atoms with E-state index in [9.17, 15) is 8.42 Å². The number of piperidine rings is 3. The van der Waals surface area contributed by atoms with Crippen molar-refractivity contribution in [2.24, 2.45) is 5.92 Å². The zero-order valence-corrected chi connectivity index (χ0v) is 16.3. The summed E-state index contributed by atoms with van der Waals surface area (Å²) in [5.74, 6) is 0.648. The Balaban J connectivity index is 1.42. The molecule has 5 nitrogen and oxygen atoms in total. The summed E-state index contributed by atoms with van der Waals surface area (Å²) in [7, 11) is -1.60. The average Bonchev–Trinajstić information content (AvgIpc) is 2.72. The maximum Gasteiger partial charge on any atom is 0.210 e. The van der Waals surface area contributed by atoms with Crippen molar-refractivity contribution >= 4 is 21.2 Å². The van der Waals surface area contributed by atoms with Crippen molar-refractivity contribution in [1.82, 2.24) is 4.90 Å². The summed E-state index contributed by atoms with van der Waals surface area (Å²) in [5, 5.41) is 0. The number of benzene rings is 2. The first kappa shape index (κ1) is 17.2. The van der Waals surface area contributed by atoms with Crippen LogP contribution in [-0.2, 0) is 21.2 Å². The molecule has 1 atom stereocenters. The highest BCUT2D eigenvalue weighted by Gasteiger charge is 2.35. The SMILES string of the molecule is CN1c2ccccc2S(=O)(=O)c2cc(CO[C@H]3CN4CCC3CC4)ccc21. The smallest absolute Gasteiger partial charge is 0.210 e. The summed E-state index contributed by atoms with van der Waals surface area (Å²) in [6.07, 6.45) is 2.69. The number of hydrogen-bond donors (Lipinski definition) is 0. The van der Waals surface area contributed by atoms with Gasteiger partial charge in [0.15, 0.2) is 0 Å². The lowest BCUT2D eigenvalue weighted by atomic mass is 9.86. The normalized spacial score (nSPS) is 27.9. The average molecular weight is 385 g/mol. The number of fused-ring (bicyclic) bond motifs is 5. The lowest BCUT2D eigenvalue weighted by molar-refractivity contribution is -0.0766. The number of nitrogens with zero attached hydrogens (tertiary/aromatic N) is 2. The molecule has 0 radical (unpaired) electrons. The summed E-state index contributed by atoms with van der Waals surface area (Å²) in [5.41, 5.74) is 2.36. The molecule has 4 aliphatic heterocycles. The maximum absolute atomic E-state index is 13.1. The van der Waals surface area contributed by atoms with Gasteiger partial charge in [0.25, 0.3) is 0 Å². The Morgan fingerprint density at radius 1 is 1.04 bits per heavy atom. The van der Waals surface area contributed by atoms with Gasteiger partial charge in [0, 0.05) is 13.6 Å². The van der Waals surface area contributed by atoms with Gasteiger partial charge in [0.1, 0.15) is 0 Å². The highest BCUT2D eigenvalue weighted by molar-refractivity contribution is 7.92. The predicted molar refractivity (Wildman–Crippen MR) is 104 cm³/mol. The number of para-hydroxylation sites is 1. The topological polar surface area (TPSA) is 49.9 Å². The molecule has 0 saturated carbocycles. The molecule has 142 valence electrons. The largest absolute Gasteiger partial charge is 0.372 e. The van der Waals surface area contributed by atoms with Crippen molar-refractivity contribution in [1.29, 1.82) is 0 Å². The first-order valence-corrected chi connectivity index (χ1v) is 11.1. The van der Waals surface area contributed by atoms with E-state index >= 15 is 0 Å². The molecule has 3 saturated heterocycles. The van der Waals surface area contributed by atoms with Crippen LogP contribution in [0.5, 0.6) is 0 Å². The molecule has 0 amide bonds. The molecule has 0 unspecified atom stereocenters. The predicted octanol–water partition coefficient (Wildman–Crippen LogP) is 3.21. The van der Waals surface area contributed by atoms with Gasteiger partial charge in [-0.1, -0.05) is 18.2 Å². The quantitative estimate of drug-likeness (QED) is 0.813. The van der Waals surface area contributed by atoms with Gasteiger partial charge in [0.05, 0.1) is 33.9 Å². The van der Waals surface area contributed by atoms with Gasteiger partial charge >= 0.3 is 0 Å².